The average molecular weight is 326 g/mol. The molecule has 0 aromatic carbocycles. The van der Waals surface area contributed by atoms with Crippen LogP contribution in [-0.4, -0.2) is 29.6 Å². The zero-order valence-electron chi connectivity index (χ0n) is 14.6. The van der Waals surface area contributed by atoms with Gasteiger partial charge in [-0.2, -0.15) is 0 Å². The Hall–Kier alpha value is -1.36. The summed E-state index contributed by atoms with van der Waals surface area (Å²) in [6.07, 6.45) is 15.1. The molecule has 5 nitrogen and oxygen atoms in total. The standard InChI is InChI=1S/C18H34N2O3/c1-2-3-4-5-6-7-8-9-10-14-17(21)20-15-12-11-13-16(19)18(22)23/h8-9,16H,2-7,10-15,19H2,1H3,(H,20,21)(H,22,23)/b9-8+/t16-/m0/s1. The van der Waals surface area contributed by atoms with Crippen LogP contribution in [0.2, 0.25) is 0 Å². The molecule has 0 aliphatic rings. The third-order valence-electron chi connectivity index (χ3n) is 3.76. The molecule has 0 unspecified atom stereocenters. The number of carboxylic acids is 1. The van der Waals surface area contributed by atoms with Gasteiger partial charge in [-0.25, -0.2) is 0 Å². The average Bonchev–Trinajstić information content (AvgIpc) is 2.52. The van der Waals surface area contributed by atoms with Gasteiger partial charge < -0.3 is 16.2 Å². The largest absolute Gasteiger partial charge is 0.480 e. The van der Waals surface area contributed by atoms with Gasteiger partial charge in [0.15, 0.2) is 0 Å². The van der Waals surface area contributed by atoms with Crippen molar-refractivity contribution in [2.75, 3.05) is 6.54 Å². The predicted molar refractivity (Wildman–Crippen MR) is 94.2 cm³/mol. The smallest absolute Gasteiger partial charge is 0.320 e. The number of carbonyl (C=O) groups is 2. The number of allylic oxidation sites excluding steroid dienone is 2. The van der Waals surface area contributed by atoms with Crippen molar-refractivity contribution in [3.05, 3.63) is 12.2 Å². The summed E-state index contributed by atoms with van der Waals surface area (Å²) in [6.45, 7) is 2.81. The molecule has 0 spiro atoms. The van der Waals surface area contributed by atoms with Gasteiger partial charge in [-0.05, 0) is 38.5 Å². The molecule has 4 N–H and O–H groups in total. The van der Waals surface area contributed by atoms with Crippen molar-refractivity contribution >= 4 is 11.9 Å². The van der Waals surface area contributed by atoms with Gasteiger partial charge in [-0.3, -0.25) is 9.59 Å². The third kappa shape index (κ3) is 15.3. The molecule has 134 valence electrons. The van der Waals surface area contributed by atoms with Crippen molar-refractivity contribution in [1.82, 2.24) is 5.32 Å². The Morgan fingerprint density at radius 1 is 1.04 bits per heavy atom. The fourth-order valence-electron chi connectivity index (χ4n) is 2.24. The van der Waals surface area contributed by atoms with Crippen LogP contribution in [0.3, 0.4) is 0 Å². The molecule has 0 rings (SSSR count). The van der Waals surface area contributed by atoms with Crippen molar-refractivity contribution < 1.29 is 14.7 Å². The Morgan fingerprint density at radius 3 is 2.43 bits per heavy atom. The highest BCUT2D eigenvalue weighted by atomic mass is 16.4. The van der Waals surface area contributed by atoms with Crippen LogP contribution in [0, 0.1) is 0 Å². The predicted octanol–water partition coefficient (Wildman–Crippen LogP) is 3.38. The van der Waals surface area contributed by atoms with E-state index in [1.54, 1.807) is 0 Å². The normalized spacial score (nSPS) is 12.4. The molecule has 0 aromatic heterocycles. The summed E-state index contributed by atoms with van der Waals surface area (Å²) >= 11 is 0. The first-order valence-corrected chi connectivity index (χ1v) is 8.98. The monoisotopic (exact) mass is 326 g/mol. The number of amides is 1. The molecule has 0 aliphatic carbocycles. The Morgan fingerprint density at radius 2 is 1.74 bits per heavy atom. The molecule has 0 aliphatic heterocycles. The Kier molecular flexibility index (Phi) is 14.6. The first kappa shape index (κ1) is 21.6. The van der Waals surface area contributed by atoms with Crippen molar-refractivity contribution in [3.63, 3.8) is 0 Å². The van der Waals surface area contributed by atoms with Gasteiger partial charge in [0.1, 0.15) is 6.04 Å². The number of nitrogens with two attached hydrogens (primary N) is 1. The highest BCUT2D eigenvalue weighted by Crippen LogP contribution is 2.06. The fraction of sp³-hybridized carbons (Fsp3) is 0.778. The third-order valence-corrected chi connectivity index (χ3v) is 3.76. The first-order valence-electron chi connectivity index (χ1n) is 8.98. The van der Waals surface area contributed by atoms with E-state index in [1.165, 1.54) is 32.1 Å². The summed E-state index contributed by atoms with van der Waals surface area (Å²) in [4.78, 5) is 22.1. The van der Waals surface area contributed by atoms with Crippen LogP contribution < -0.4 is 11.1 Å². The molecule has 1 atom stereocenters. The Balaban J connectivity index is 3.38. The van der Waals surface area contributed by atoms with Crippen LogP contribution in [-0.2, 0) is 9.59 Å². The summed E-state index contributed by atoms with van der Waals surface area (Å²) < 4.78 is 0. The molecular formula is C18H34N2O3. The molecule has 0 radical (unpaired) electrons. The summed E-state index contributed by atoms with van der Waals surface area (Å²) in [7, 11) is 0. The lowest BCUT2D eigenvalue weighted by Gasteiger charge is -2.06. The quantitative estimate of drug-likeness (QED) is 0.318. The Bertz CT molecular complexity index is 343. The van der Waals surface area contributed by atoms with E-state index in [0.29, 0.717) is 25.8 Å². The molecule has 5 heteroatoms. The van der Waals surface area contributed by atoms with Gasteiger partial charge in [0.05, 0.1) is 0 Å². The fourth-order valence-corrected chi connectivity index (χ4v) is 2.24. The van der Waals surface area contributed by atoms with Crippen LogP contribution in [0.4, 0.5) is 0 Å². The van der Waals surface area contributed by atoms with Gasteiger partial charge in [0.25, 0.3) is 0 Å². The second-order valence-electron chi connectivity index (χ2n) is 6.00. The summed E-state index contributed by atoms with van der Waals surface area (Å²) in [5.41, 5.74) is 5.40. The van der Waals surface area contributed by atoms with Crippen LogP contribution in [0.1, 0.15) is 77.6 Å². The van der Waals surface area contributed by atoms with E-state index in [2.05, 4.69) is 24.4 Å². The first-order chi connectivity index (χ1) is 11.1. The zero-order valence-corrected chi connectivity index (χ0v) is 14.6. The van der Waals surface area contributed by atoms with E-state index in [0.717, 1.165) is 19.3 Å². The molecule has 0 saturated carbocycles. The van der Waals surface area contributed by atoms with E-state index in [4.69, 9.17) is 10.8 Å². The van der Waals surface area contributed by atoms with Crippen LogP contribution in [0.5, 0.6) is 0 Å². The molecule has 23 heavy (non-hydrogen) atoms. The van der Waals surface area contributed by atoms with E-state index in [-0.39, 0.29) is 5.91 Å². The van der Waals surface area contributed by atoms with Crippen LogP contribution in [0.25, 0.3) is 0 Å². The second kappa shape index (κ2) is 15.5. The topological polar surface area (TPSA) is 92.4 Å². The number of hydrogen-bond donors (Lipinski definition) is 3. The van der Waals surface area contributed by atoms with Crippen molar-refractivity contribution in [3.8, 4) is 0 Å². The summed E-state index contributed by atoms with van der Waals surface area (Å²) in [5.74, 6) is -0.911. The van der Waals surface area contributed by atoms with Crippen molar-refractivity contribution in [2.24, 2.45) is 5.73 Å². The number of hydrogen-bond acceptors (Lipinski definition) is 3. The van der Waals surface area contributed by atoms with Crippen molar-refractivity contribution in [2.45, 2.75) is 83.6 Å². The van der Waals surface area contributed by atoms with Crippen LogP contribution in [0.15, 0.2) is 12.2 Å². The molecule has 0 aromatic rings. The maximum atomic E-state index is 11.6. The van der Waals surface area contributed by atoms with Gasteiger partial charge >= 0.3 is 5.97 Å². The van der Waals surface area contributed by atoms with Gasteiger partial charge in [0.2, 0.25) is 5.91 Å². The highest BCUT2D eigenvalue weighted by molar-refractivity contribution is 5.75. The molecule has 0 heterocycles. The van der Waals surface area contributed by atoms with E-state index in [9.17, 15) is 9.59 Å². The lowest BCUT2D eigenvalue weighted by Crippen LogP contribution is -2.30. The number of nitrogens with one attached hydrogen (secondary N) is 1. The van der Waals surface area contributed by atoms with Gasteiger partial charge in [-0.15, -0.1) is 0 Å². The minimum absolute atomic E-state index is 0.0557. The SMILES string of the molecule is CCCCCCC/C=C/CCC(=O)NCCCC[C@H](N)C(=O)O. The number of carbonyl (C=O) groups excluding carboxylic acids is 1. The van der Waals surface area contributed by atoms with E-state index in [1.807, 2.05) is 0 Å². The molecule has 0 saturated heterocycles. The zero-order chi connectivity index (χ0) is 17.3. The lowest BCUT2D eigenvalue weighted by molar-refractivity contribution is -0.138. The lowest BCUT2D eigenvalue weighted by atomic mass is 10.1. The maximum absolute atomic E-state index is 11.6. The molecular weight excluding hydrogens is 292 g/mol. The molecule has 0 bridgehead atoms. The number of aliphatic carboxylic acids is 1. The number of rotatable bonds is 15. The molecule has 0 fully saturated rings. The van der Waals surface area contributed by atoms with Crippen LogP contribution >= 0.6 is 0 Å². The minimum Gasteiger partial charge on any atom is -0.480 e. The Labute approximate surface area is 140 Å². The van der Waals surface area contributed by atoms with Gasteiger partial charge in [-0.1, -0.05) is 44.8 Å². The maximum Gasteiger partial charge on any atom is 0.320 e. The number of unbranched alkanes of at least 4 members (excludes halogenated alkanes) is 6. The minimum atomic E-state index is -0.966. The highest BCUT2D eigenvalue weighted by Gasteiger charge is 2.09. The second-order valence-corrected chi connectivity index (χ2v) is 6.00. The number of carboxylic acid groups (broad SMARTS) is 1. The summed E-state index contributed by atoms with van der Waals surface area (Å²) in [6, 6.07) is -0.794. The summed E-state index contributed by atoms with van der Waals surface area (Å²) in [5, 5.41) is 11.5. The van der Waals surface area contributed by atoms with E-state index < -0.39 is 12.0 Å². The van der Waals surface area contributed by atoms with Gasteiger partial charge in [0, 0.05) is 13.0 Å². The van der Waals surface area contributed by atoms with E-state index >= 15 is 0 Å². The van der Waals surface area contributed by atoms with Crippen molar-refractivity contribution in [1.29, 1.82) is 0 Å². The molecule has 1 amide bonds.